The van der Waals surface area contributed by atoms with Crippen LogP contribution >= 0.6 is 0 Å². The minimum Gasteiger partial charge on any atom is -0.516 e. The average Bonchev–Trinajstić information content (AvgIpc) is 3.46. The topological polar surface area (TPSA) is 73.1 Å². The predicted octanol–water partition coefficient (Wildman–Crippen LogP) is 4.62. The maximum absolute atomic E-state index is 9.10. The Balaban J connectivity index is 1.68. The van der Waals surface area contributed by atoms with Crippen molar-refractivity contribution in [2.45, 2.75) is 0 Å². The number of fused-ring (bicyclic) bond motifs is 5. The molecular formula is C23H16N4O. The van der Waals surface area contributed by atoms with Crippen LogP contribution in [0.25, 0.3) is 12.2 Å². The number of aliphatic hydroxyl groups is 1. The highest BCUT2D eigenvalue weighted by molar-refractivity contribution is 6.33. The zero-order valence-electron chi connectivity index (χ0n) is 14.9. The van der Waals surface area contributed by atoms with Crippen molar-refractivity contribution in [3.8, 4) is 0 Å². The smallest absolute Gasteiger partial charge is 0.0791 e. The molecule has 0 unspecified atom stereocenters. The molecular weight excluding hydrogens is 348 g/mol. The second-order valence-electron chi connectivity index (χ2n) is 6.53. The van der Waals surface area contributed by atoms with Crippen molar-refractivity contribution in [1.29, 1.82) is 0 Å². The average molecular weight is 364 g/mol. The lowest BCUT2D eigenvalue weighted by atomic mass is 10.0. The van der Waals surface area contributed by atoms with Crippen LogP contribution in [-0.4, -0.2) is 27.2 Å². The van der Waals surface area contributed by atoms with Gasteiger partial charge in [0.1, 0.15) is 0 Å². The van der Waals surface area contributed by atoms with Crippen LogP contribution in [0.3, 0.4) is 0 Å². The van der Waals surface area contributed by atoms with Gasteiger partial charge in [0.25, 0.3) is 0 Å². The van der Waals surface area contributed by atoms with E-state index in [-0.39, 0.29) is 0 Å². The third kappa shape index (κ3) is 3.10. The number of hydrogen-bond donors (Lipinski definition) is 2. The number of H-pyrrole nitrogens is 1. The van der Waals surface area contributed by atoms with Gasteiger partial charge >= 0.3 is 0 Å². The summed E-state index contributed by atoms with van der Waals surface area (Å²) in [6.07, 6.45) is 22.1. The first-order valence-electron chi connectivity index (χ1n) is 8.93. The van der Waals surface area contributed by atoms with Crippen LogP contribution in [-0.2, 0) is 0 Å². The summed E-state index contributed by atoms with van der Waals surface area (Å²) < 4.78 is 0. The van der Waals surface area contributed by atoms with E-state index in [0.717, 1.165) is 57.4 Å². The molecule has 0 radical (unpaired) electrons. The van der Waals surface area contributed by atoms with Gasteiger partial charge in [0.15, 0.2) is 0 Å². The number of aliphatic hydroxyl groups excluding tert-OH is 1. The van der Waals surface area contributed by atoms with Gasteiger partial charge in [-0.3, -0.25) is 0 Å². The number of allylic oxidation sites excluding steroid dienone is 10. The summed E-state index contributed by atoms with van der Waals surface area (Å²) >= 11 is 0. The van der Waals surface area contributed by atoms with Crippen molar-refractivity contribution in [2.75, 3.05) is 0 Å². The molecule has 5 heteroatoms. The molecule has 0 saturated carbocycles. The first-order chi connectivity index (χ1) is 13.8. The molecule has 28 heavy (non-hydrogen) atoms. The van der Waals surface area contributed by atoms with E-state index in [1.165, 1.54) is 0 Å². The number of rotatable bonds is 1. The highest BCUT2D eigenvalue weighted by Crippen LogP contribution is 2.23. The van der Waals surface area contributed by atoms with Gasteiger partial charge in [-0.25, -0.2) is 15.0 Å². The number of aliphatic imine (C=N–C) groups is 3. The fraction of sp³-hybridized carbons (Fsp3) is 0. The van der Waals surface area contributed by atoms with Crippen LogP contribution in [0.5, 0.6) is 0 Å². The van der Waals surface area contributed by atoms with Crippen molar-refractivity contribution in [3.63, 3.8) is 0 Å². The summed E-state index contributed by atoms with van der Waals surface area (Å²) in [5.74, 6) is 0. The van der Waals surface area contributed by atoms with E-state index in [0.29, 0.717) is 0 Å². The minimum atomic E-state index is 0.793. The lowest BCUT2D eigenvalue weighted by molar-refractivity contribution is 0.473. The van der Waals surface area contributed by atoms with Crippen LogP contribution in [0, 0.1) is 0 Å². The van der Waals surface area contributed by atoms with Crippen molar-refractivity contribution < 1.29 is 5.11 Å². The largest absolute Gasteiger partial charge is 0.516 e. The fourth-order valence-electron chi connectivity index (χ4n) is 3.28. The number of aromatic nitrogens is 1. The molecule has 4 aliphatic heterocycles. The molecule has 5 heterocycles. The second kappa shape index (κ2) is 6.63. The second-order valence-corrected chi connectivity index (χ2v) is 6.53. The molecule has 0 aromatic carbocycles. The van der Waals surface area contributed by atoms with Gasteiger partial charge in [-0.2, -0.15) is 0 Å². The van der Waals surface area contributed by atoms with Crippen molar-refractivity contribution in [3.05, 3.63) is 107 Å². The number of aromatic amines is 1. The Bertz CT molecular complexity index is 1200. The quantitative estimate of drug-likeness (QED) is 0.701. The molecule has 5 nitrogen and oxygen atoms in total. The number of nitrogens with one attached hydrogen (secondary N) is 1. The van der Waals surface area contributed by atoms with Crippen LogP contribution in [0.4, 0.5) is 0 Å². The Morgan fingerprint density at radius 3 is 2.00 bits per heavy atom. The van der Waals surface area contributed by atoms with Gasteiger partial charge in [-0.1, -0.05) is 0 Å². The van der Waals surface area contributed by atoms with E-state index in [4.69, 9.17) is 15.1 Å². The first-order valence-corrected chi connectivity index (χ1v) is 8.93. The SMILES string of the molecule is OC=CC=C1C2=NC(=CC3=NC(=Cc4ccc([nH]4)C=C4C=CC1=N4)C=C3)C=C2. The highest BCUT2D eigenvalue weighted by atomic mass is 16.2. The summed E-state index contributed by atoms with van der Waals surface area (Å²) in [7, 11) is 0. The van der Waals surface area contributed by atoms with E-state index in [9.17, 15) is 0 Å². The van der Waals surface area contributed by atoms with Gasteiger partial charge in [0.05, 0.1) is 40.5 Å². The van der Waals surface area contributed by atoms with Crippen LogP contribution in [0.15, 0.2) is 111 Å². The van der Waals surface area contributed by atoms with Gasteiger partial charge in [0, 0.05) is 17.0 Å². The van der Waals surface area contributed by atoms with Gasteiger partial charge < -0.3 is 10.1 Å². The lowest BCUT2D eigenvalue weighted by Crippen LogP contribution is -2.06. The maximum atomic E-state index is 9.10. The lowest BCUT2D eigenvalue weighted by Gasteiger charge is -2.03. The Kier molecular flexibility index (Phi) is 3.84. The summed E-state index contributed by atoms with van der Waals surface area (Å²) in [6, 6.07) is 4.04. The fourth-order valence-corrected chi connectivity index (χ4v) is 3.28. The zero-order chi connectivity index (χ0) is 18.9. The molecule has 0 amide bonds. The predicted molar refractivity (Wildman–Crippen MR) is 114 cm³/mol. The zero-order valence-corrected chi connectivity index (χ0v) is 14.9. The van der Waals surface area contributed by atoms with E-state index in [2.05, 4.69) is 9.98 Å². The molecule has 4 aliphatic rings. The molecule has 0 atom stereocenters. The minimum absolute atomic E-state index is 0.793. The molecule has 0 aliphatic carbocycles. The Hall–Kier alpha value is -3.99. The van der Waals surface area contributed by atoms with E-state index >= 15 is 0 Å². The molecule has 1 aromatic rings. The molecule has 1 aromatic heterocycles. The number of nitrogens with zero attached hydrogens (tertiary/aromatic N) is 3. The van der Waals surface area contributed by atoms with E-state index in [1.54, 1.807) is 6.08 Å². The van der Waals surface area contributed by atoms with Crippen molar-refractivity contribution in [1.82, 2.24) is 4.98 Å². The first kappa shape index (κ1) is 16.2. The molecule has 2 N–H and O–H groups in total. The highest BCUT2D eigenvalue weighted by Gasteiger charge is 2.17. The summed E-state index contributed by atoms with van der Waals surface area (Å²) in [6.45, 7) is 0. The van der Waals surface area contributed by atoms with Gasteiger partial charge in [-0.15, -0.1) is 0 Å². The molecule has 0 fully saturated rings. The monoisotopic (exact) mass is 364 g/mol. The summed E-state index contributed by atoms with van der Waals surface area (Å²) in [4.78, 5) is 17.4. The van der Waals surface area contributed by atoms with Gasteiger partial charge in [0.2, 0.25) is 0 Å². The molecule has 5 rings (SSSR count). The standard InChI is InChI=1S/C23H16N4O/c28-11-1-2-21-22-9-7-19(26-22)13-17-5-3-15(24-17)12-16-4-6-18(25-16)14-20-8-10-23(21)27-20/h1-14,24,28H. The van der Waals surface area contributed by atoms with Crippen LogP contribution in [0.1, 0.15) is 11.4 Å². The van der Waals surface area contributed by atoms with Crippen LogP contribution < -0.4 is 0 Å². The maximum Gasteiger partial charge on any atom is 0.0791 e. The Morgan fingerprint density at radius 1 is 0.714 bits per heavy atom. The van der Waals surface area contributed by atoms with Gasteiger partial charge in [-0.05, 0) is 79.0 Å². The van der Waals surface area contributed by atoms with Crippen molar-refractivity contribution >= 4 is 29.3 Å². The van der Waals surface area contributed by atoms with Crippen LogP contribution in [0.2, 0.25) is 0 Å². The molecule has 8 bridgehead atoms. The number of hydrogen-bond acceptors (Lipinski definition) is 4. The van der Waals surface area contributed by atoms with Crippen molar-refractivity contribution in [2.24, 2.45) is 15.0 Å². The summed E-state index contributed by atoms with van der Waals surface area (Å²) in [5.41, 5.74) is 7.81. The summed E-state index contributed by atoms with van der Waals surface area (Å²) in [5, 5.41) is 9.10. The Morgan fingerprint density at radius 2 is 1.32 bits per heavy atom. The molecule has 0 saturated heterocycles. The Labute approximate surface area is 162 Å². The van der Waals surface area contributed by atoms with E-state index < -0.39 is 0 Å². The molecule has 0 spiro atoms. The molecule has 134 valence electrons. The normalized spacial score (nSPS) is 21.1. The third-order valence-corrected chi connectivity index (χ3v) is 4.54. The third-order valence-electron chi connectivity index (χ3n) is 4.54. The van der Waals surface area contributed by atoms with E-state index in [1.807, 2.05) is 72.9 Å².